The van der Waals surface area contributed by atoms with E-state index in [0.717, 1.165) is 71.7 Å². The highest BCUT2D eigenvalue weighted by Gasteiger charge is 1.93. The minimum Gasteiger partial charge on any atom is -0.370 e. The van der Waals surface area contributed by atoms with Gasteiger partial charge in [0, 0.05) is 58.9 Å². The first kappa shape index (κ1) is 25.1. The maximum Gasteiger partial charge on any atom is 0.195 e. The molecule has 0 unspecified atom stereocenters. The molecule has 144 valence electrons. The van der Waals surface area contributed by atoms with Gasteiger partial charge in [-0.2, -0.15) is 0 Å². The van der Waals surface area contributed by atoms with E-state index in [2.05, 4.69) is 38.8 Å². The fourth-order valence-corrected chi connectivity index (χ4v) is 1.78. The Kier molecular flexibility index (Phi) is 20.8. The Morgan fingerprint density at radius 3 is 1.54 bits per heavy atom. The van der Waals surface area contributed by atoms with Crippen molar-refractivity contribution in [2.24, 2.45) is 5.73 Å². The lowest BCUT2D eigenvalue weighted by molar-refractivity contribution is 0.534. The van der Waals surface area contributed by atoms with Gasteiger partial charge in [-0.1, -0.05) is 13.3 Å². The Bertz CT molecular complexity index is 259. The van der Waals surface area contributed by atoms with Crippen molar-refractivity contribution in [1.29, 1.82) is 10.8 Å². The quantitative estimate of drug-likeness (QED) is 0.169. The van der Waals surface area contributed by atoms with Gasteiger partial charge < -0.3 is 32.3 Å². The van der Waals surface area contributed by atoms with Gasteiger partial charge in [-0.25, -0.2) is 0 Å². The van der Waals surface area contributed by atoms with E-state index in [1.165, 1.54) is 0 Å². The lowest BCUT2D eigenvalue weighted by Gasteiger charge is -2.11. The number of nitrogens with one attached hydrogen (secondary N) is 8. The first-order chi connectivity index (χ1) is 11.2. The zero-order chi connectivity index (χ0) is 17.2. The van der Waals surface area contributed by atoms with Crippen molar-refractivity contribution in [3.05, 3.63) is 0 Å². The number of hydrogen-bond acceptors (Lipinski definition) is 6. The van der Waals surface area contributed by atoms with Crippen LogP contribution < -0.4 is 37.6 Å². The lowest BCUT2D eigenvalue weighted by Crippen LogP contribution is -2.43. The minimum absolute atomic E-state index is 0. The molecule has 10 N–H and O–H groups in total. The molecule has 0 saturated carbocycles. The second-order valence-corrected chi connectivity index (χ2v) is 5.19. The Morgan fingerprint density at radius 1 is 0.875 bits per heavy atom. The van der Waals surface area contributed by atoms with Gasteiger partial charge in [0.2, 0.25) is 0 Å². The molecule has 10 heteroatoms. The molecule has 0 aromatic carbocycles. The molecule has 0 aromatic heterocycles. The molecule has 0 amide bonds. The summed E-state index contributed by atoms with van der Waals surface area (Å²) in [4.78, 5) is 0. The maximum atomic E-state index is 7.15. The van der Waals surface area contributed by atoms with Crippen molar-refractivity contribution in [2.75, 3.05) is 58.9 Å². The van der Waals surface area contributed by atoms with Crippen LogP contribution in [0.2, 0.25) is 0 Å². The average Bonchev–Trinajstić information content (AvgIpc) is 2.48. The lowest BCUT2D eigenvalue weighted by atomic mass is 10.3. The number of rotatable bonds is 3. The molecule has 0 aromatic rings. The van der Waals surface area contributed by atoms with E-state index in [1.54, 1.807) is 0 Å². The Hall–Kier alpha value is -1.13. The Morgan fingerprint density at radius 2 is 1.25 bits per heavy atom. The van der Waals surface area contributed by atoms with Gasteiger partial charge in [0.05, 0.1) is 0 Å². The second kappa shape index (κ2) is 19.9. The molecule has 1 aliphatic rings. The van der Waals surface area contributed by atoms with Crippen molar-refractivity contribution in [1.82, 2.24) is 31.9 Å². The summed E-state index contributed by atoms with van der Waals surface area (Å²) in [6.45, 7) is 11.4. The normalized spacial score (nSPS) is 16.0. The summed E-state index contributed by atoms with van der Waals surface area (Å²) < 4.78 is 0. The molecule has 9 nitrogen and oxygen atoms in total. The predicted octanol–water partition coefficient (Wildman–Crippen LogP) is -1.43. The van der Waals surface area contributed by atoms with Gasteiger partial charge >= 0.3 is 0 Å². The molecular weight excluding hydrogens is 330 g/mol. The van der Waals surface area contributed by atoms with Crippen LogP contribution in [-0.2, 0) is 0 Å². The summed E-state index contributed by atoms with van der Waals surface area (Å²) >= 11 is 0. The molecule has 0 atom stereocenters. The van der Waals surface area contributed by atoms with Crippen molar-refractivity contribution < 1.29 is 0 Å². The predicted molar refractivity (Wildman–Crippen MR) is 104 cm³/mol. The van der Waals surface area contributed by atoms with Crippen LogP contribution in [0.15, 0.2) is 0 Å². The van der Waals surface area contributed by atoms with Crippen molar-refractivity contribution in [3.8, 4) is 0 Å². The van der Waals surface area contributed by atoms with Crippen molar-refractivity contribution in [3.63, 3.8) is 0 Å². The molecule has 1 aliphatic heterocycles. The highest BCUT2D eigenvalue weighted by Crippen LogP contribution is 1.80. The molecule has 0 aliphatic carbocycles. The second-order valence-electron chi connectivity index (χ2n) is 5.19. The number of hydrogen-bond donors (Lipinski definition) is 9. The van der Waals surface area contributed by atoms with Crippen molar-refractivity contribution >= 4 is 24.3 Å². The van der Waals surface area contributed by atoms with Gasteiger partial charge in [0.15, 0.2) is 11.9 Å². The largest absolute Gasteiger partial charge is 0.370 e. The number of guanidine groups is 2. The first-order valence-corrected chi connectivity index (χ1v) is 8.43. The molecule has 1 heterocycles. The fraction of sp³-hybridized carbons (Fsp3) is 0.857. The van der Waals surface area contributed by atoms with Gasteiger partial charge in [0.25, 0.3) is 0 Å². The third kappa shape index (κ3) is 20.9. The van der Waals surface area contributed by atoms with E-state index in [-0.39, 0.29) is 24.3 Å². The first-order valence-electron chi connectivity index (χ1n) is 8.43. The van der Waals surface area contributed by atoms with E-state index in [9.17, 15) is 0 Å². The standard InChI is InChI=1S/C8H20N4.C6H15N5.ClH/c1-2-10-5-6-12-8-7-11-4-3-9-1;1-2-3-4-10-6(9)11-5(7)8;/h9-12H,1-8H2;2-4H2,1H3,(H6,7,8,9,10,11);1H. The van der Waals surface area contributed by atoms with E-state index in [0.29, 0.717) is 0 Å². The zero-order valence-corrected chi connectivity index (χ0v) is 15.6. The molecular formula is C14H36ClN9. The SMILES string of the molecule is C1CNCCNCCNCCN1.CCCCNC(=N)NC(=N)N.Cl. The summed E-state index contributed by atoms with van der Waals surface area (Å²) in [7, 11) is 0. The minimum atomic E-state index is -0.209. The average molecular weight is 366 g/mol. The van der Waals surface area contributed by atoms with Crippen LogP contribution in [0.4, 0.5) is 0 Å². The van der Waals surface area contributed by atoms with E-state index < -0.39 is 0 Å². The summed E-state index contributed by atoms with van der Waals surface area (Å²) in [6, 6.07) is 0. The van der Waals surface area contributed by atoms with Crippen LogP contribution in [0.1, 0.15) is 19.8 Å². The Labute approximate surface area is 152 Å². The summed E-state index contributed by atoms with van der Waals surface area (Å²) in [6.07, 6.45) is 2.10. The molecule has 0 spiro atoms. The van der Waals surface area contributed by atoms with Crippen LogP contribution in [0, 0.1) is 10.8 Å². The summed E-state index contributed by atoms with van der Waals surface area (Å²) in [5.41, 5.74) is 4.99. The Balaban J connectivity index is 0. The third-order valence-corrected chi connectivity index (χ3v) is 3.01. The molecule has 1 rings (SSSR count). The summed E-state index contributed by atoms with van der Waals surface area (Å²) in [5.74, 6) is -0.120. The van der Waals surface area contributed by atoms with E-state index in [4.69, 9.17) is 16.6 Å². The number of unbranched alkanes of at least 4 members (excludes halogenated alkanes) is 1. The number of halogens is 1. The van der Waals surface area contributed by atoms with Crippen LogP contribution in [-0.4, -0.2) is 70.8 Å². The van der Waals surface area contributed by atoms with Gasteiger partial charge in [0.1, 0.15) is 0 Å². The van der Waals surface area contributed by atoms with Gasteiger partial charge in [-0.3, -0.25) is 16.1 Å². The summed E-state index contributed by atoms with van der Waals surface area (Å²) in [5, 5.41) is 32.5. The maximum absolute atomic E-state index is 7.15. The van der Waals surface area contributed by atoms with Crippen LogP contribution in [0.25, 0.3) is 0 Å². The monoisotopic (exact) mass is 365 g/mol. The van der Waals surface area contributed by atoms with Crippen molar-refractivity contribution in [2.45, 2.75) is 19.8 Å². The van der Waals surface area contributed by atoms with Crippen LogP contribution in [0.5, 0.6) is 0 Å². The van der Waals surface area contributed by atoms with Gasteiger partial charge in [-0.15, -0.1) is 12.4 Å². The third-order valence-electron chi connectivity index (χ3n) is 3.01. The topological polar surface area (TPSA) is 146 Å². The number of nitrogens with two attached hydrogens (primary N) is 1. The molecule has 0 bridgehead atoms. The van der Waals surface area contributed by atoms with E-state index in [1.807, 2.05) is 0 Å². The zero-order valence-electron chi connectivity index (χ0n) is 14.8. The molecule has 24 heavy (non-hydrogen) atoms. The van der Waals surface area contributed by atoms with Crippen LogP contribution in [0.3, 0.4) is 0 Å². The molecule has 1 fully saturated rings. The van der Waals surface area contributed by atoms with Crippen LogP contribution >= 0.6 is 12.4 Å². The molecule has 1 saturated heterocycles. The highest BCUT2D eigenvalue weighted by atomic mass is 35.5. The molecule has 0 radical (unpaired) electrons. The fourth-order valence-electron chi connectivity index (χ4n) is 1.78. The van der Waals surface area contributed by atoms with E-state index >= 15 is 0 Å². The van der Waals surface area contributed by atoms with Gasteiger partial charge in [-0.05, 0) is 6.42 Å². The smallest absolute Gasteiger partial charge is 0.195 e. The highest BCUT2D eigenvalue weighted by molar-refractivity contribution is 5.94.